The lowest BCUT2D eigenvalue weighted by Crippen LogP contribution is -2.40. The van der Waals surface area contributed by atoms with Crippen molar-refractivity contribution in [3.8, 4) is 0 Å². The summed E-state index contributed by atoms with van der Waals surface area (Å²) < 4.78 is 39.9. The lowest BCUT2D eigenvalue weighted by atomic mass is 10.0. The second-order valence-corrected chi connectivity index (χ2v) is 5.05. The van der Waals surface area contributed by atoms with E-state index in [0.717, 1.165) is 23.6 Å². The molecule has 2 atom stereocenters. The van der Waals surface area contributed by atoms with Gasteiger partial charge < -0.3 is 10.4 Å². The Morgan fingerprint density at radius 2 is 2.16 bits per heavy atom. The van der Waals surface area contributed by atoms with Crippen molar-refractivity contribution in [3.63, 3.8) is 0 Å². The zero-order chi connectivity index (χ0) is 13.8. The van der Waals surface area contributed by atoms with Crippen LogP contribution in [0.15, 0.2) is 6.07 Å². The molecule has 1 aliphatic heterocycles. The molecular formula is C11H12F3N3O2. The summed E-state index contributed by atoms with van der Waals surface area (Å²) in [5.74, 6) is -0.933. The van der Waals surface area contributed by atoms with Gasteiger partial charge in [0.05, 0.1) is 0 Å². The summed E-state index contributed by atoms with van der Waals surface area (Å²) in [6.07, 6.45) is -2.68. The van der Waals surface area contributed by atoms with Crippen molar-refractivity contribution in [2.24, 2.45) is 5.92 Å². The number of anilines is 1. The van der Waals surface area contributed by atoms with Crippen LogP contribution in [-0.2, 0) is 0 Å². The van der Waals surface area contributed by atoms with E-state index in [1.54, 1.807) is 0 Å². The topological polar surface area (TPSA) is 67.1 Å². The molecule has 0 radical (unpaired) electrons. The Balaban J connectivity index is 1.99. The van der Waals surface area contributed by atoms with E-state index >= 15 is 0 Å². The minimum atomic E-state index is -4.42. The average Bonchev–Trinajstić information content (AvgIpc) is 3.05. The molecule has 0 aromatic carbocycles. The Kier molecular flexibility index (Phi) is 2.51. The van der Waals surface area contributed by atoms with Crippen molar-refractivity contribution in [1.29, 1.82) is 0 Å². The molecule has 8 heteroatoms. The second-order valence-electron chi connectivity index (χ2n) is 5.05. The summed E-state index contributed by atoms with van der Waals surface area (Å²) in [7, 11) is 0. The minimum absolute atomic E-state index is 0.0953. The summed E-state index contributed by atoms with van der Waals surface area (Å²) in [5.41, 5.74) is -0.367. The molecule has 2 heterocycles. The van der Waals surface area contributed by atoms with Gasteiger partial charge in [-0.05, 0) is 25.2 Å². The Morgan fingerprint density at radius 3 is 2.68 bits per heavy atom. The first-order chi connectivity index (χ1) is 8.86. The number of aromatic carboxylic acids is 1. The molecule has 2 aliphatic rings. The summed E-state index contributed by atoms with van der Waals surface area (Å²) in [5, 5.41) is 15.3. The molecule has 1 saturated carbocycles. The Hall–Kier alpha value is -1.73. The van der Waals surface area contributed by atoms with Crippen LogP contribution in [0.4, 0.5) is 19.0 Å². The fourth-order valence-corrected chi connectivity index (χ4v) is 2.51. The highest BCUT2D eigenvalue weighted by molar-refractivity contribution is 5.86. The predicted octanol–water partition coefficient (Wildman–Crippen LogP) is 2.28. The molecule has 1 aromatic rings. The van der Waals surface area contributed by atoms with Gasteiger partial charge in [-0.1, -0.05) is 0 Å². The average molecular weight is 275 g/mol. The van der Waals surface area contributed by atoms with Gasteiger partial charge >= 0.3 is 12.1 Å². The molecule has 2 N–H and O–H groups in total. The van der Waals surface area contributed by atoms with Gasteiger partial charge in [0.15, 0.2) is 11.7 Å². The monoisotopic (exact) mass is 275 g/mol. The van der Waals surface area contributed by atoms with Crippen LogP contribution in [0.25, 0.3) is 0 Å². The van der Waals surface area contributed by atoms with Gasteiger partial charge in [-0.2, -0.15) is 18.3 Å². The standard InChI is InChI=1S/C11H12F3N3O2/c12-11(13,14)8-3-6(5-1-2-5)15-9-4-7(10(18)19)16-17(8)9/h4-6,8,15H,1-3H2,(H,18,19)/t6-,8-/m0/s1. The number of carboxylic acids is 1. The normalized spacial score (nSPS) is 26.7. The van der Waals surface area contributed by atoms with E-state index in [0.29, 0.717) is 0 Å². The smallest absolute Gasteiger partial charge is 0.410 e. The van der Waals surface area contributed by atoms with E-state index in [-0.39, 0.29) is 29.9 Å². The molecule has 3 rings (SSSR count). The van der Waals surface area contributed by atoms with Crippen molar-refractivity contribution >= 4 is 11.8 Å². The van der Waals surface area contributed by atoms with Crippen LogP contribution in [0, 0.1) is 5.92 Å². The molecule has 0 spiro atoms. The summed E-state index contributed by atoms with van der Waals surface area (Å²) in [6, 6.07) is -0.838. The van der Waals surface area contributed by atoms with Crippen molar-refractivity contribution in [2.45, 2.75) is 37.5 Å². The highest BCUT2D eigenvalue weighted by Crippen LogP contribution is 2.45. The van der Waals surface area contributed by atoms with Crippen LogP contribution in [0.1, 0.15) is 35.8 Å². The van der Waals surface area contributed by atoms with Crippen LogP contribution in [-0.4, -0.2) is 33.1 Å². The number of aromatic nitrogens is 2. The van der Waals surface area contributed by atoms with E-state index in [1.165, 1.54) is 0 Å². The van der Waals surface area contributed by atoms with Gasteiger partial charge in [-0.15, -0.1) is 0 Å². The third kappa shape index (κ3) is 2.15. The molecule has 0 bridgehead atoms. The maximum Gasteiger partial charge on any atom is 0.410 e. The van der Waals surface area contributed by atoms with Crippen molar-refractivity contribution in [2.75, 3.05) is 5.32 Å². The van der Waals surface area contributed by atoms with E-state index in [4.69, 9.17) is 5.11 Å². The van der Waals surface area contributed by atoms with E-state index in [2.05, 4.69) is 10.4 Å². The largest absolute Gasteiger partial charge is 0.476 e. The van der Waals surface area contributed by atoms with Gasteiger partial charge in [-0.3, -0.25) is 0 Å². The molecule has 104 valence electrons. The number of nitrogens with one attached hydrogen (secondary N) is 1. The van der Waals surface area contributed by atoms with E-state index in [1.807, 2.05) is 0 Å². The first kappa shape index (κ1) is 12.3. The molecule has 0 saturated heterocycles. The maximum absolute atomic E-state index is 13.1. The number of alkyl halides is 3. The molecule has 1 aliphatic carbocycles. The van der Waals surface area contributed by atoms with Crippen molar-refractivity contribution < 1.29 is 23.1 Å². The first-order valence-corrected chi connectivity index (χ1v) is 6.02. The SMILES string of the molecule is O=C(O)c1cc2n(n1)[C@H](C(F)(F)F)C[C@@H](C1CC1)N2. The number of fused-ring (bicyclic) bond motifs is 1. The van der Waals surface area contributed by atoms with Crippen LogP contribution >= 0.6 is 0 Å². The third-order valence-corrected chi connectivity index (χ3v) is 3.63. The highest BCUT2D eigenvalue weighted by atomic mass is 19.4. The van der Waals surface area contributed by atoms with E-state index < -0.39 is 18.2 Å². The number of carbonyl (C=O) groups is 1. The van der Waals surface area contributed by atoms with Gasteiger partial charge in [0.1, 0.15) is 5.82 Å². The Labute approximate surface area is 106 Å². The quantitative estimate of drug-likeness (QED) is 0.869. The second kappa shape index (κ2) is 3.88. The minimum Gasteiger partial charge on any atom is -0.476 e. The van der Waals surface area contributed by atoms with Crippen molar-refractivity contribution in [3.05, 3.63) is 11.8 Å². The number of carboxylic acid groups (broad SMARTS) is 1. The molecule has 1 fully saturated rings. The number of hydrogen-bond donors (Lipinski definition) is 2. The summed E-state index contributed by atoms with van der Waals surface area (Å²) >= 11 is 0. The van der Waals surface area contributed by atoms with Crippen LogP contribution in [0.5, 0.6) is 0 Å². The Morgan fingerprint density at radius 1 is 1.47 bits per heavy atom. The zero-order valence-electron chi connectivity index (χ0n) is 9.81. The number of hydrogen-bond acceptors (Lipinski definition) is 3. The first-order valence-electron chi connectivity index (χ1n) is 6.02. The molecular weight excluding hydrogens is 263 g/mol. The lowest BCUT2D eigenvalue weighted by Gasteiger charge is -2.33. The van der Waals surface area contributed by atoms with Crippen LogP contribution < -0.4 is 5.32 Å². The predicted molar refractivity (Wildman–Crippen MR) is 59.0 cm³/mol. The number of rotatable bonds is 2. The van der Waals surface area contributed by atoms with Crippen LogP contribution in [0.3, 0.4) is 0 Å². The van der Waals surface area contributed by atoms with Gasteiger partial charge in [0.2, 0.25) is 0 Å². The zero-order valence-corrected chi connectivity index (χ0v) is 9.81. The highest BCUT2D eigenvalue weighted by Gasteiger charge is 2.49. The third-order valence-electron chi connectivity index (χ3n) is 3.63. The molecule has 0 amide bonds. The number of nitrogens with zero attached hydrogens (tertiary/aromatic N) is 2. The summed E-state index contributed by atoms with van der Waals surface area (Å²) in [6.45, 7) is 0. The Bertz CT molecular complexity index is 522. The maximum atomic E-state index is 13.1. The summed E-state index contributed by atoms with van der Waals surface area (Å²) in [4.78, 5) is 10.8. The molecule has 5 nitrogen and oxygen atoms in total. The van der Waals surface area contributed by atoms with Gasteiger partial charge in [0.25, 0.3) is 0 Å². The van der Waals surface area contributed by atoms with Crippen molar-refractivity contribution in [1.82, 2.24) is 9.78 Å². The van der Waals surface area contributed by atoms with Crippen LogP contribution in [0.2, 0.25) is 0 Å². The lowest BCUT2D eigenvalue weighted by molar-refractivity contribution is -0.174. The van der Waals surface area contributed by atoms with Gasteiger partial charge in [-0.25, -0.2) is 9.48 Å². The van der Waals surface area contributed by atoms with E-state index in [9.17, 15) is 18.0 Å². The molecule has 0 unspecified atom stereocenters. The number of halogens is 3. The van der Waals surface area contributed by atoms with Gasteiger partial charge in [0, 0.05) is 12.1 Å². The fraction of sp³-hybridized carbons (Fsp3) is 0.636. The fourth-order valence-electron chi connectivity index (χ4n) is 2.51. The molecule has 1 aromatic heterocycles. The molecule has 19 heavy (non-hydrogen) atoms.